The number of hydrogen-bond acceptors (Lipinski definition) is 1. The molecule has 1 aromatic carbocycles. The first kappa shape index (κ1) is 12.2. The van der Waals surface area contributed by atoms with Crippen molar-refractivity contribution in [2.75, 3.05) is 0 Å². The van der Waals surface area contributed by atoms with E-state index in [0.29, 0.717) is 0 Å². The van der Waals surface area contributed by atoms with Gasteiger partial charge in [-0.2, -0.15) is 26.3 Å². The predicted octanol–water partition coefficient (Wildman–Crippen LogP) is 3.62. The molecule has 17 heavy (non-hydrogen) atoms. The van der Waals surface area contributed by atoms with Gasteiger partial charge in [-0.05, 0) is 5.56 Å². The maximum Gasteiger partial charge on any atom is 0.429 e. The summed E-state index contributed by atoms with van der Waals surface area (Å²) in [5, 5.41) is 0. The molecule has 1 atom stereocenters. The van der Waals surface area contributed by atoms with Crippen LogP contribution < -0.4 is 0 Å². The van der Waals surface area contributed by atoms with Crippen molar-refractivity contribution in [3.63, 3.8) is 0 Å². The molecule has 0 spiro atoms. The van der Waals surface area contributed by atoms with Gasteiger partial charge < -0.3 is 4.74 Å². The minimum Gasteiger partial charge on any atom is -0.344 e. The van der Waals surface area contributed by atoms with Crippen molar-refractivity contribution in [2.45, 2.75) is 24.1 Å². The fourth-order valence-electron chi connectivity index (χ4n) is 1.67. The zero-order valence-corrected chi connectivity index (χ0v) is 8.14. The van der Waals surface area contributed by atoms with Gasteiger partial charge in [-0.15, -0.1) is 0 Å². The molecule has 1 nitrogen and oxygen atoms in total. The third-order valence-corrected chi connectivity index (χ3v) is 2.56. The van der Waals surface area contributed by atoms with Crippen LogP contribution in [0.1, 0.15) is 11.7 Å². The summed E-state index contributed by atoms with van der Waals surface area (Å²) >= 11 is 0. The van der Waals surface area contributed by atoms with E-state index in [1.54, 1.807) is 0 Å². The van der Waals surface area contributed by atoms with Crippen LogP contribution in [-0.4, -0.2) is 18.0 Å². The van der Waals surface area contributed by atoms with E-state index >= 15 is 0 Å². The minimum atomic E-state index is -5.48. The maximum absolute atomic E-state index is 12.5. The summed E-state index contributed by atoms with van der Waals surface area (Å²) in [6.45, 7) is 0. The van der Waals surface area contributed by atoms with E-state index in [9.17, 15) is 26.3 Å². The Morgan fingerprint density at radius 3 is 1.71 bits per heavy atom. The lowest BCUT2D eigenvalue weighted by atomic mass is 9.98. The molecule has 0 unspecified atom stereocenters. The number of rotatable bonds is 1. The number of ether oxygens (including phenoxy) is 1. The molecule has 0 aromatic heterocycles. The van der Waals surface area contributed by atoms with Crippen molar-refractivity contribution in [3.8, 4) is 0 Å². The normalized spacial score (nSPS) is 23.5. The summed E-state index contributed by atoms with van der Waals surface area (Å²) in [6, 6.07) is 6.55. The Morgan fingerprint density at radius 1 is 0.882 bits per heavy atom. The lowest BCUT2D eigenvalue weighted by molar-refractivity contribution is -0.292. The molecule has 94 valence electrons. The van der Waals surface area contributed by atoms with Gasteiger partial charge in [0.15, 0.2) is 0 Å². The Hall–Kier alpha value is -1.24. The first-order valence-corrected chi connectivity index (χ1v) is 4.56. The van der Waals surface area contributed by atoms with Gasteiger partial charge in [0.05, 0.1) is 0 Å². The van der Waals surface area contributed by atoms with E-state index in [0.717, 1.165) is 0 Å². The molecule has 0 radical (unpaired) electrons. The number of benzene rings is 1. The molecule has 1 aliphatic rings. The summed E-state index contributed by atoms with van der Waals surface area (Å²) in [4.78, 5) is 0. The Morgan fingerprint density at radius 2 is 1.35 bits per heavy atom. The van der Waals surface area contributed by atoms with Crippen LogP contribution >= 0.6 is 0 Å². The fourth-order valence-corrected chi connectivity index (χ4v) is 1.67. The molecule has 1 aromatic rings. The third kappa shape index (κ3) is 1.69. The number of alkyl halides is 6. The molecule has 0 amide bonds. The lowest BCUT2D eigenvalue weighted by Gasteiger charge is -2.19. The molecule has 0 aliphatic carbocycles. The van der Waals surface area contributed by atoms with E-state index in [4.69, 9.17) is 0 Å². The van der Waals surface area contributed by atoms with E-state index in [2.05, 4.69) is 4.74 Å². The Labute approximate surface area is 92.0 Å². The van der Waals surface area contributed by atoms with Crippen LogP contribution in [0.2, 0.25) is 0 Å². The van der Waals surface area contributed by atoms with Crippen LogP contribution in [0.3, 0.4) is 0 Å². The van der Waals surface area contributed by atoms with Gasteiger partial charge in [0.25, 0.3) is 5.60 Å². The van der Waals surface area contributed by atoms with Gasteiger partial charge in [-0.1, -0.05) is 30.3 Å². The Kier molecular flexibility index (Phi) is 2.43. The summed E-state index contributed by atoms with van der Waals surface area (Å²) < 4.78 is 78.9. The predicted molar refractivity (Wildman–Crippen MR) is 45.1 cm³/mol. The molecule has 0 bridgehead atoms. The molecule has 0 N–H and O–H groups in total. The van der Waals surface area contributed by atoms with E-state index < -0.39 is 24.1 Å². The van der Waals surface area contributed by atoms with Crippen molar-refractivity contribution < 1.29 is 31.1 Å². The number of epoxide rings is 1. The zero-order chi connectivity index (χ0) is 12.9. The van der Waals surface area contributed by atoms with Crippen LogP contribution in [-0.2, 0) is 4.74 Å². The van der Waals surface area contributed by atoms with Gasteiger partial charge in [0.1, 0.15) is 6.10 Å². The molecule has 2 rings (SSSR count). The summed E-state index contributed by atoms with van der Waals surface area (Å²) in [5.74, 6) is 0. The van der Waals surface area contributed by atoms with Crippen molar-refractivity contribution in [3.05, 3.63) is 35.9 Å². The Bertz CT molecular complexity index is 393. The minimum absolute atomic E-state index is 0.137. The van der Waals surface area contributed by atoms with E-state index in [-0.39, 0.29) is 5.56 Å². The summed E-state index contributed by atoms with van der Waals surface area (Å²) in [5.41, 5.74) is -4.19. The van der Waals surface area contributed by atoms with Crippen LogP contribution in [0.25, 0.3) is 0 Å². The number of hydrogen-bond donors (Lipinski definition) is 0. The zero-order valence-electron chi connectivity index (χ0n) is 8.14. The van der Waals surface area contributed by atoms with Gasteiger partial charge >= 0.3 is 12.4 Å². The highest BCUT2D eigenvalue weighted by Gasteiger charge is 2.86. The molecule has 7 heteroatoms. The third-order valence-electron chi connectivity index (χ3n) is 2.56. The largest absolute Gasteiger partial charge is 0.429 e. The average Bonchev–Trinajstić information content (AvgIpc) is 2.93. The van der Waals surface area contributed by atoms with Crippen LogP contribution in [0.4, 0.5) is 26.3 Å². The van der Waals surface area contributed by atoms with E-state index in [1.807, 2.05) is 0 Å². The van der Waals surface area contributed by atoms with Crippen molar-refractivity contribution in [1.82, 2.24) is 0 Å². The quantitative estimate of drug-likeness (QED) is 0.552. The highest BCUT2D eigenvalue weighted by molar-refractivity contribution is 5.29. The first-order valence-electron chi connectivity index (χ1n) is 4.56. The second-order valence-electron chi connectivity index (χ2n) is 3.64. The van der Waals surface area contributed by atoms with Crippen LogP contribution in [0, 0.1) is 0 Å². The SMILES string of the molecule is FC(F)(F)C1(C(F)(F)F)O[C@@H]1c1ccccc1. The topological polar surface area (TPSA) is 12.5 Å². The number of halogens is 6. The summed E-state index contributed by atoms with van der Waals surface area (Å²) in [6.07, 6.45) is -13.0. The summed E-state index contributed by atoms with van der Waals surface area (Å²) in [7, 11) is 0. The standard InChI is InChI=1S/C10H6F6O/c11-9(12,13)8(10(14,15)16)7(17-8)6-4-2-1-3-5-6/h1-5,7H/t7-/m1/s1. The molecule has 0 saturated carbocycles. The molecule has 1 heterocycles. The lowest BCUT2D eigenvalue weighted by Crippen LogP contribution is -2.46. The maximum atomic E-state index is 12.5. The van der Waals surface area contributed by atoms with Crippen molar-refractivity contribution in [1.29, 1.82) is 0 Å². The van der Waals surface area contributed by atoms with Gasteiger partial charge in [-0.25, -0.2) is 0 Å². The second kappa shape index (κ2) is 3.38. The van der Waals surface area contributed by atoms with Crippen molar-refractivity contribution in [2.24, 2.45) is 0 Å². The average molecular weight is 256 g/mol. The molecule has 1 aliphatic heterocycles. The van der Waals surface area contributed by atoms with E-state index in [1.165, 1.54) is 30.3 Å². The smallest absolute Gasteiger partial charge is 0.344 e. The Balaban J connectivity index is 2.38. The van der Waals surface area contributed by atoms with Gasteiger partial charge in [0.2, 0.25) is 0 Å². The molecular weight excluding hydrogens is 250 g/mol. The first-order chi connectivity index (χ1) is 7.70. The highest BCUT2D eigenvalue weighted by atomic mass is 19.4. The monoisotopic (exact) mass is 256 g/mol. The molecule has 1 saturated heterocycles. The molecule has 1 fully saturated rings. The van der Waals surface area contributed by atoms with Gasteiger partial charge in [0, 0.05) is 0 Å². The van der Waals surface area contributed by atoms with Gasteiger partial charge in [-0.3, -0.25) is 0 Å². The highest BCUT2D eigenvalue weighted by Crippen LogP contribution is 2.65. The molecular formula is C10H6F6O. The van der Waals surface area contributed by atoms with Crippen molar-refractivity contribution >= 4 is 0 Å². The fraction of sp³-hybridized carbons (Fsp3) is 0.400. The van der Waals surface area contributed by atoms with Crippen LogP contribution in [0.5, 0.6) is 0 Å². The second-order valence-corrected chi connectivity index (χ2v) is 3.64. The van der Waals surface area contributed by atoms with Crippen LogP contribution in [0.15, 0.2) is 30.3 Å².